The Labute approximate surface area is 107 Å². The second kappa shape index (κ2) is 5.42. The van der Waals surface area contributed by atoms with Crippen molar-refractivity contribution in [2.45, 2.75) is 12.2 Å². The molecule has 2 aromatic rings. The highest BCUT2D eigenvalue weighted by Crippen LogP contribution is 2.31. The molecule has 0 radical (unpaired) electrons. The minimum absolute atomic E-state index is 0.346. The lowest BCUT2D eigenvalue weighted by Crippen LogP contribution is -2.13. The number of hydrogen-bond acceptors (Lipinski definition) is 2. The van der Waals surface area contributed by atoms with E-state index >= 15 is 0 Å². The van der Waals surface area contributed by atoms with E-state index in [1.165, 1.54) is 12.1 Å². The van der Waals surface area contributed by atoms with Gasteiger partial charge in [-0.1, -0.05) is 36.4 Å². The zero-order chi connectivity index (χ0) is 14.0. The average molecular weight is 268 g/mol. The Morgan fingerprint density at radius 2 is 1.37 bits per heavy atom. The van der Waals surface area contributed by atoms with Gasteiger partial charge in [0.05, 0.1) is 0 Å². The van der Waals surface area contributed by atoms with Crippen LogP contribution in [0, 0.1) is 17.5 Å². The third-order valence-corrected chi connectivity index (χ3v) is 2.82. The standard InChI is InChI=1S/C14H11F3O2/c15-10-7-6-9(11(16)12(10)17)14(19)13(18)8-4-2-1-3-5-8/h1-7,13-14,18-19H. The summed E-state index contributed by atoms with van der Waals surface area (Å²) >= 11 is 0. The molecule has 2 aromatic carbocycles. The minimum Gasteiger partial charge on any atom is -0.385 e. The van der Waals surface area contributed by atoms with Gasteiger partial charge in [-0.2, -0.15) is 0 Å². The molecule has 2 nitrogen and oxygen atoms in total. The molecular weight excluding hydrogens is 257 g/mol. The first-order valence-electron chi connectivity index (χ1n) is 5.57. The zero-order valence-electron chi connectivity index (χ0n) is 9.72. The van der Waals surface area contributed by atoms with E-state index in [2.05, 4.69) is 0 Å². The van der Waals surface area contributed by atoms with E-state index in [0.29, 0.717) is 11.6 Å². The van der Waals surface area contributed by atoms with E-state index in [-0.39, 0.29) is 0 Å². The van der Waals surface area contributed by atoms with Crippen molar-refractivity contribution in [2.75, 3.05) is 0 Å². The Balaban J connectivity index is 2.35. The summed E-state index contributed by atoms with van der Waals surface area (Å²) in [7, 11) is 0. The molecule has 19 heavy (non-hydrogen) atoms. The van der Waals surface area contributed by atoms with Crippen molar-refractivity contribution in [3.05, 3.63) is 71.0 Å². The summed E-state index contributed by atoms with van der Waals surface area (Å²) in [6.45, 7) is 0. The molecule has 0 amide bonds. The van der Waals surface area contributed by atoms with E-state index in [1.54, 1.807) is 18.2 Å². The molecule has 0 aliphatic carbocycles. The Kier molecular flexibility index (Phi) is 3.87. The maximum absolute atomic E-state index is 13.5. The van der Waals surface area contributed by atoms with Gasteiger partial charge in [0.1, 0.15) is 12.2 Å². The number of benzene rings is 2. The molecule has 100 valence electrons. The molecule has 0 aliphatic rings. The van der Waals surface area contributed by atoms with Crippen molar-refractivity contribution in [3.63, 3.8) is 0 Å². The summed E-state index contributed by atoms with van der Waals surface area (Å²) in [4.78, 5) is 0. The SMILES string of the molecule is OC(c1ccccc1)C(O)c1ccc(F)c(F)c1F. The molecule has 0 aliphatic heterocycles. The smallest absolute Gasteiger partial charge is 0.194 e. The fourth-order valence-corrected chi connectivity index (χ4v) is 1.77. The van der Waals surface area contributed by atoms with Crippen LogP contribution < -0.4 is 0 Å². The Bertz CT molecular complexity index is 572. The molecule has 2 N–H and O–H groups in total. The van der Waals surface area contributed by atoms with Crippen LogP contribution in [-0.4, -0.2) is 10.2 Å². The fraction of sp³-hybridized carbons (Fsp3) is 0.143. The number of halogens is 3. The Morgan fingerprint density at radius 1 is 0.737 bits per heavy atom. The van der Waals surface area contributed by atoms with Gasteiger partial charge < -0.3 is 10.2 Å². The van der Waals surface area contributed by atoms with Gasteiger partial charge in [-0.25, -0.2) is 13.2 Å². The van der Waals surface area contributed by atoms with Crippen LogP contribution in [0.5, 0.6) is 0 Å². The van der Waals surface area contributed by atoms with E-state index < -0.39 is 35.2 Å². The van der Waals surface area contributed by atoms with Crippen LogP contribution in [0.1, 0.15) is 23.3 Å². The summed E-state index contributed by atoms with van der Waals surface area (Å²) in [5.41, 5.74) is -0.144. The topological polar surface area (TPSA) is 40.5 Å². The normalized spacial score (nSPS) is 14.2. The number of hydrogen-bond donors (Lipinski definition) is 2. The molecule has 2 rings (SSSR count). The maximum Gasteiger partial charge on any atom is 0.194 e. The van der Waals surface area contributed by atoms with Crippen molar-refractivity contribution in [1.29, 1.82) is 0 Å². The molecule has 2 unspecified atom stereocenters. The van der Waals surface area contributed by atoms with Gasteiger partial charge in [0.25, 0.3) is 0 Å². The second-order valence-corrected chi connectivity index (χ2v) is 4.06. The molecule has 0 heterocycles. The molecule has 0 bridgehead atoms. The predicted octanol–water partition coefficient (Wildman–Crippen LogP) is 2.87. The first-order valence-corrected chi connectivity index (χ1v) is 5.57. The highest BCUT2D eigenvalue weighted by molar-refractivity contribution is 5.27. The van der Waals surface area contributed by atoms with E-state index in [9.17, 15) is 23.4 Å². The highest BCUT2D eigenvalue weighted by atomic mass is 19.2. The van der Waals surface area contributed by atoms with Crippen LogP contribution in [0.3, 0.4) is 0 Å². The van der Waals surface area contributed by atoms with Gasteiger partial charge in [-0.05, 0) is 11.6 Å². The first kappa shape index (κ1) is 13.6. The van der Waals surface area contributed by atoms with Crippen LogP contribution in [0.4, 0.5) is 13.2 Å². The van der Waals surface area contributed by atoms with Crippen molar-refractivity contribution in [1.82, 2.24) is 0 Å². The van der Waals surface area contributed by atoms with Gasteiger partial charge >= 0.3 is 0 Å². The van der Waals surface area contributed by atoms with Gasteiger partial charge in [-0.15, -0.1) is 0 Å². The Hall–Kier alpha value is -1.85. The second-order valence-electron chi connectivity index (χ2n) is 4.06. The molecule has 0 fully saturated rings. The molecule has 0 spiro atoms. The first-order chi connectivity index (χ1) is 9.02. The van der Waals surface area contributed by atoms with Crippen LogP contribution >= 0.6 is 0 Å². The van der Waals surface area contributed by atoms with Crippen molar-refractivity contribution in [3.8, 4) is 0 Å². The zero-order valence-corrected chi connectivity index (χ0v) is 9.72. The lowest BCUT2D eigenvalue weighted by molar-refractivity contribution is 0.0146. The van der Waals surface area contributed by atoms with Gasteiger partial charge in [0.2, 0.25) is 0 Å². The lowest BCUT2D eigenvalue weighted by atomic mass is 9.98. The van der Waals surface area contributed by atoms with Gasteiger partial charge in [0, 0.05) is 5.56 Å². The number of rotatable bonds is 3. The van der Waals surface area contributed by atoms with Crippen molar-refractivity contribution in [2.24, 2.45) is 0 Å². The number of aliphatic hydroxyl groups excluding tert-OH is 2. The molecule has 0 saturated carbocycles. The van der Waals surface area contributed by atoms with Gasteiger partial charge in [-0.3, -0.25) is 0 Å². The Morgan fingerprint density at radius 3 is 2.00 bits per heavy atom. The monoisotopic (exact) mass is 268 g/mol. The third kappa shape index (κ3) is 2.62. The minimum atomic E-state index is -1.68. The van der Waals surface area contributed by atoms with E-state index in [4.69, 9.17) is 0 Å². The number of aliphatic hydroxyl groups is 2. The van der Waals surface area contributed by atoms with Crippen molar-refractivity contribution >= 4 is 0 Å². The third-order valence-electron chi connectivity index (χ3n) is 2.82. The summed E-state index contributed by atoms with van der Waals surface area (Å²) in [5, 5.41) is 19.8. The summed E-state index contributed by atoms with van der Waals surface area (Å²) < 4.78 is 39.4. The van der Waals surface area contributed by atoms with Crippen LogP contribution in [0.15, 0.2) is 42.5 Å². The van der Waals surface area contributed by atoms with E-state index in [1.807, 2.05) is 0 Å². The molecule has 5 heteroatoms. The van der Waals surface area contributed by atoms with Crippen LogP contribution in [0.2, 0.25) is 0 Å². The highest BCUT2D eigenvalue weighted by Gasteiger charge is 2.25. The van der Waals surface area contributed by atoms with Gasteiger partial charge in [0.15, 0.2) is 17.5 Å². The van der Waals surface area contributed by atoms with Crippen molar-refractivity contribution < 1.29 is 23.4 Å². The predicted molar refractivity (Wildman–Crippen MR) is 62.7 cm³/mol. The quantitative estimate of drug-likeness (QED) is 0.840. The summed E-state index contributed by atoms with van der Waals surface area (Å²) in [6, 6.07) is 9.65. The van der Waals surface area contributed by atoms with E-state index in [0.717, 1.165) is 6.07 Å². The average Bonchev–Trinajstić information content (AvgIpc) is 2.44. The summed E-state index contributed by atoms with van der Waals surface area (Å²) in [5.74, 6) is -4.51. The lowest BCUT2D eigenvalue weighted by Gasteiger charge is -2.19. The molecule has 0 saturated heterocycles. The largest absolute Gasteiger partial charge is 0.385 e. The molecule has 0 aromatic heterocycles. The fourth-order valence-electron chi connectivity index (χ4n) is 1.77. The maximum atomic E-state index is 13.5. The molecule has 2 atom stereocenters. The van der Waals surface area contributed by atoms with Crippen LogP contribution in [-0.2, 0) is 0 Å². The molecular formula is C14H11F3O2. The van der Waals surface area contributed by atoms with Crippen LogP contribution in [0.25, 0.3) is 0 Å². The summed E-state index contributed by atoms with van der Waals surface area (Å²) in [6.07, 6.45) is -3.11.